The molecule has 1 unspecified atom stereocenters. The van der Waals surface area contributed by atoms with Crippen molar-refractivity contribution in [3.8, 4) is 0 Å². The van der Waals surface area contributed by atoms with E-state index in [1.165, 1.54) is 12.1 Å². The molecule has 0 bridgehead atoms. The number of aliphatic imine (C=N–C) groups is 1. The van der Waals surface area contributed by atoms with Gasteiger partial charge in [-0.15, -0.1) is 24.0 Å². The van der Waals surface area contributed by atoms with E-state index in [1.54, 1.807) is 0 Å². The second kappa shape index (κ2) is 9.85. The van der Waals surface area contributed by atoms with Gasteiger partial charge in [-0.2, -0.15) is 0 Å². The summed E-state index contributed by atoms with van der Waals surface area (Å²) in [7, 11) is 0. The maximum atomic E-state index is 4.78. The predicted octanol–water partition coefficient (Wildman–Crippen LogP) is 4.25. The molecule has 1 aliphatic heterocycles. The first-order chi connectivity index (χ1) is 10.9. The third kappa shape index (κ3) is 7.17. The number of halogens is 2. The molecule has 0 aliphatic carbocycles. The second-order valence-corrected chi connectivity index (χ2v) is 8.09. The molecule has 1 atom stereocenters. The van der Waals surface area contributed by atoms with Crippen LogP contribution in [0.1, 0.15) is 34.1 Å². The lowest BCUT2D eigenvalue weighted by molar-refractivity contribution is 0.498. The molecule has 1 aliphatic rings. The predicted molar refractivity (Wildman–Crippen MR) is 119 cm³/mol. The van der Waals surface area contributed by atoms with Gasteiger partial charge in [0, 0.05) is 41.9 Å². The average Bonchev–Trinajstić information content (AvgIpc) is 2.92. The molecule has 6 heteroatoms. The highest BCUT2D eigenvalue weighted by atomic mass is 127. The Hall–Kier alpha value is -0.500. The van der Waals surface area contributed by atoms with Gasteiger partial charge < -0.3 is 15.5 Å². The summed E-state index contributed by atoms with van der Waals surface area (Å²) >= 11 is 3.55. The summed E-state index contributed by atoms with van der Waals surface area (Å²) in [6.07, 6.45) is 1.20. The van der Waals surface area contributed by atoms with Crippen molar-refractivity contribution in [1.82, 2.24) is 10.6 Å². The highest BCUT2D eigenvalue weighted by molar-refractivity contribution is 14.0. The molecule has 1 fully saturated rings. The van der Waals surface area contributed by atoms with Crippen LogP contribution in [0.2, 0.25) is 0 Å². The fraction of sp³-hybridized carbons (Fsp3) is 0.611. The molecular weight excluding hydrogens is 479 g/mol. The average molecular weight is 509 g/mol. The van der Waals surface area contributed by atoms with Crippen molar-refractivity contribution in [3.63, 3.8) is 0 Å². The van der Waals surface area contributed by atoms with Gasteiger partial charge in [-0.05, 0) is 58.2 Å². The zero-order valence-electron chi connectivity index (χ0n) is 15.1. The van der Waals surface area contributed by atoms with E-state index in [0.29, 0.717) is 5.92 Å². The first kappa shape index (κ1) is 21.5. The first-order valence-electron chi connectivity index (χ1n) is 8.44. The van der Waals surface area contributed by atoms with Gasteiger partial charge in [0.1, 0.15) is 0 Å². The van der Waals surface area contributed by atoms with Gasteiger partial charge in [-0.3, -0.25) is 4.99 Å². The lowest BCUT2D eigenvalue weighted by atomic mass is 10.1. The fourth-order valence-electron chi connectivity index (χ4n) is 2.77. The topological polar surface area (TPSA) is 39.7 Å². The minimum absolute atomic E-state index is 0. The molecule has 0 spiro atoms. The lowest BCUT2D eigenvalue weighted by Crippen LogP contribution is -2.47. The SMILES string of the molecule is CCNC(=NCC1CCN(c2cccc(Br)c2)C1)NC(C)(C)C.I. The summed E-state index contributed by atoms with van der Waals surface area (Å²) in [5, 5.41) is 6.78. The Labute approximate surface area is 172 Å². The highest BCUT2D eigenvalue weighted by Crippen LogP contribution is 2.26. The zero-order chi connectivity index (χ0) is 16.9. The van der Waals surface area contributed by atoms with E-state index in [-0.39, 0.29) is 29.5 Å². The monoisotopic (exact) mass is 508 g/mol. The second-order valence-electron chi connectivity index (χ2n) is 7.18. The van der Waals surface area contributed by atoms with Crippen molar-refractivity contribution in [3.05, 3.63) is 28.7 Å². The van der Waals surface area contributed by atoms with Crippen molar-refractivity contribution in [1.29, 1.82) is 0 Å². The van der Waals surface area contributed by atoms with E-state index in [0.717, 1.165) is 36.6 Å². The van der Waals surface area contributed by atoms with E-state index in [9.17, 15) is 0 Å². The molecule has 0 radical (unpaired) electrons. The Morgan fingerprint density at radius 2 is 2.12 bits per heavy atom. The van der Waals surface area contributed by atoms with Crippen molar-refractivity contribution in [2.24, 2.45) is 10.9 Å². The third-order valence-electron chi connectivity index (χ3n) is 3.80. The summed E-state index contributed by atoms with van der Waals surface area (Å²) in [6, 6.07) is 8.54. The van der Waals surface area contributed by atoms with Gasteiger partial charge in [0.15, 0.2) is 5.96 Å². The van der Waals surface area contributed by atoms with Crippen LogP contribution in [0.3, 0.4) is 0 Å². The molecule has 1 saturated heterocycles. The van der Waals surface area contributed by atoms with E-state index in [4.69, 9.17) is 4.99 Å². The standard InChI is InChI=1S/C18H29BrN4.HI/c1-5-20-17(22-18(2,3)4)21-12-14-9-10-23(13-14)16-8-6-7-15(19)11-16;/h6-8,11,14H,5,9-10,12-13H2,1-4H3,(H2,20,21,22);1H. The van der Waals surface area contributed by atoms with Gasteiger partial charge in [0.05, 0.1) is 0 Å². The number of benzene rings is 1. The number of rotatable bonds is 4. The molecule has 1 aromatic rings. The van der Waals surface area contributed by atoms with Crippen molar-refractivity contribution < 1.29 is 0 Å². The van der Waals surface area contributed by atoms with E-state index in [1.807, 2.05) is 0 Å². The number of hydrogen-bond donors (Lipinski definition) is 2. The van der Waals surface area contributed by atoms with Crippen LogP contribution in [0.25, 0.3) is 0 Å². The van der Waals surface area contributed by atoms with Crippen molar-refractivity contribution in [2.75, 3.05) is 31.1 Å². The summed E-state index contributed by atoms with van der Waals surface area (Å²) in [5.74, 6) is 1.53. The number of anilines is 1. The van der Waals surface area contributed by atoms with Crippen LogP contribution >= 0.6 is 39.9 Å². The van der Waals surface area contributed by atoms with Crippen LogP contribution in [-0.4, -0.2) is 37.7 Å². The smallest absolute Gasteiger partial charge is 0.191 e. The molecule has 136 valence electrons. The molecule has 1 heterocycles. The Morgan fingerprint density at radius 1 is 1.38 bits per heavy atom. The molecule has 0 saturated carbocycles. The van der Waals surface area contributed by atoms with Gasteiger partial charge in [0.25, 0.3) is 0 Å². The maximum absolute atomic E-state index is 4.78. The van der Waals surface area contributed by atoms with Crippen LogP contribution < -0.4 is 15.5 Å². The molecular formula is C18H30BrIN4. The van der Waals surface area contributed by atoms with Gasteiger partial charge in [0.2, 0.25) is 0 Å². The first-order valence-corrected chi connectivity index (χ1v) is 9.23. The van der Waals surface area contributed by atoms with Crippen LogP contribution in [0.5, 0.6) is 0 Å². The summed E-state index contributed by atoms with van der Waals surface area (Å²) in [4.78, 5) is 7.24. The van der Waals surface area contributed by atoms with Gasteiger partial charge in [-0.25, -0.2) is 0 Å². The largest absolute Gasteiger partial charge is 0.371 e. The Morgan fingerprint density at radius 3 is 2.75 bits per heavy atom. The van der Waals surface area contributed by atoms with Crippen LogP contribution in [0, 0.1) is 5.92 Å². The minimum atomic E-state index is 0. The summed E-state index contributed by atoms with van der Waals surface area (Å²) < 4.78 is 1.14. The number of guanidine groups is 1. The Bertz CT molecular complexity index is 542. The molecule has 0 aromatic heterocycles. The zero-order valence-corrected chi connectivity index (χ0v) is 19.0. The number of hydrogen-bond acceptors (Lipinski definition) is 2. The summed E-state index contributed by atoms with van der Waals surface area (Å²) in [5.41, 5.74) is 1.32. The summed E-state index contributed by atoms with van der Waals surface area (Å²) in [6.45, 7) is 12.5. The molecule has 24 heavy (non-hydrogen) atoms. The van der Waals surface area contributed by atoms with E-state index >= 15 is 0 Å². The van der Waals surface area contributed by atoms with Crippen LogP contribution in [-0.2, 0) is 0 Å². The van der Waals surface area contributed by atoms with Crippen molar-refractivity contribution >= 4 is 51.6 Å². The van der Waals surface area contributed by atoms with Gasteiger partial charge >= 0.3 is 0 Å². The molecule has 4 nitrogen and oxygen atoms in total. The molecule has 2 N–H and O–H groups in total. The molecule has 0 amide bonds. The van der Waals surface area contributed by atoms with Crippen LogP contribution in [0.4, 0.5) is 5.69 Å². The van der Waals surface area contributed by atoms with Crippen molar-refractivity contribution in [2.45, 2.75) is 39.7 Å². The molecule has 1 aromatic carbocycles. The van der Waals surface area contributed by atoms with E-state index < -0.39 is 0 Å². The third-order valence-corrected chi connectivity index (χ3v) is 4.30. The molecule has 2 rings (SSSR count). The normalized spacial score (nSPS) is 18.3. The van der Waals surface area contributed by atoms with Crippen LogP contribution in [0.15, 0.2) is 33.7 Å². The maximum Gasteiger partial charge on any atom is 0.191 e. The fourth-order valence-corrected chi connectivity index (χ4v) is 3.16. The highest BCUT2D eigenvalue weighted by Gasteiger charge is 2.23. The van der Waals surface area contributed by atoms with E-state index in [2.05, 4.69) is 83.4 Å². The lowest BCUT2D eigenvalue weighted by Gasteiger charge is -2.24. The minimum Gasteiger partial charge on any atom is -0.371 e. The van der Waals surface area contributed by atoms with Gasteiger partial charge in [-0.1, -0.05) is 22.0 Å². The number of nitrogens with one attached hydrogen (secondary N) is 2. The Balaban J connectivity index is 0.00000288. The number of nitrogens with zero attached hydrogens (tertiary/aromatic N) is 2. The Kier molecular flexibility index (Phi) is 8.84. The quantitative estimate of drug-likeness (QED) is 0.363.